The monoisotopic (exact) mass is 494 g/mol. The molecule has 1 fully saturated rings. The lowest BCUT2D eigenvalue weighted by Crippen LogP contribution is -2.35. The van der Waals surface area contributed by atoms with E-state index in [1.165, 1.54) is 12.5 Å². The van der Waals surface area contributed by atoms with Crippen LogP contribution in [0.25, 0.3) is 23.2 Å². The lowest BCUT2D eigenvalue weighted by molar-refractivity contribution is -0.137. The summed E-state index contributed by atoms with van der Waals surface area (Å²) in [5, 5.41) is 3.61. The van der Waals surface area contributed by atoms with Crippen LogP contribution in [0.1, 0.15) is 24.0 Å². The molecule has 1 N–H and O–H groups in total. The van der Waals surface area contributed by atoms with Crippen molar-refractivity contribution in [3.05, 3.63) is 59.6 Å². The Morgan fingerprint density at radius 1 is 1.24 bits per heavy atom. The Balaban J connectivity index is 1.66. The Kier molecular flexibility index (Phi) is 6.96. The average Bonchev–Trinajstić information content (AvgIpc) is 3.29. The van der Waals surface area contributed by atoms with Gasteiger partial charge in [-0.2, -0.15) is 13.2 Å². The number of anilines is 1. The van der Waals surface area contributed by atoms with E-state index >= 15 is 0 Å². The van der Waals surface area contributed by atoms with Crippen molar-refractivity contribution in [1.29, 1.82) is 0 Å². The number of imidazole rings is 1. The van der Waals surface area contributed by atoms with Crippen molar-refractivity contribution in [2.24, 2.45) is 0 Å². The van der Waals surface area contributed by atoms with Gasteiger partial charge in [-0.25, -0.2) is 15.0 Å². The van der Waals surface area contributed by atoms with Gasteiger partial charge in [0.1, 0.15) is 23.3 Å². The van der Waals surface area contributed by atoms with Crippen molar-refractivity contribution in [3.8, 4) is 17.1 Å². The first-order valence-corrected chi connectivity index (χ1v) is 11.8. The third-order valence-corrected chi connectivity index (χ3v) is 6.76. The van der Waals surface area contributed by atoms with E-state index in [-0.39, 0.29) is 23.4 Å². The lowest BCUT2D eigenvalue weighted by Gasteiger charge is -2.30. The van der Waals surface area contributed by atoms with Gasteiger partial charge >= 0.3 is 6.18 Å². The fourth-order valence-electron chi connectivity index (χ4n) is 3.69. The van der Waals surface area contributed by atoms with E-state index in [0.717, 1.165) is 32.1 Å². The maximum atomic E-state index is 13.7. The Morgan fingerprint density at radius 3 is 2.67 bits per heavy atom. The number of rotatable bonds is 6. The number of nitrogens with zero attached hydrogens (tertiary/aromatic N) is 5. The summed E-state index contributed by atoms with van der Waals surface area (Å²) in [6.45, 7) is 5.50. The van der Waals surface area contributed by atoms with Gasteiger partial charge in [-0.05, 0) is 30.7 Å². The number of nitrogens with one attached hydrogen (secondary N) is 1. The molecule has 0 radical (unpaired) electrons. The van der Waals surface area contributed by atoms with Gasteiger partial charge in [-0.1, -0.05) is 48.3 Å². The summed E-state index contributed by atoms with van der Waals surface area (Å²) in [4.78, 5) is 12.4. The molecular weight excluding hydrogens is 473 g/mol. The molecule has 174 valence electrons. The summed E-state index contributed by atoms with van der Waals surface area (Å²) < 4.78 is 45.0. The highest BCUT2D eigenvalue weighted by Crippen LogP contribution is 2.36. The molecule has 4 rings (SSSR count). The van der Waals surface area contributed by atoms with E-state index in [0.29, 0.717) is 16.3 Å². The number of aromatic nitrogens is 4. The SMILES string of the molecule is C=Cc1cccc(-n2cnc(-c3nc(NC4CCN(SC)CC4)ncc3C(F)(F)F)c2)c1Cl. The number of hydrogen-bond donors (Lipinski definition) is 1. The minimum Gasteiger partial charge on any atom is -0.351 e. The van der Waals surface area contributed by atoms with Gasteiger partial charge in [0.15, 0.2) is 0 Å². The number of halogens is 4. The van der Waals surface area contributed by atoms with Crippen molar-refractivity contribution in [2.45, 2.75) is 25.1 Å². The molecule has 0 aliphatic carbocycles. The Hall–Kier alpha value is -2.56. The van der Waals surface area contributed by atoms with Crippen LogP contribution in [-0.4, -0.2) is 49.2 Å². The van der Waals surface area contributed by atoms with Gasteiger partial charge in [-0.15, -0.1) is 0 Å². The predicted molar refractivity (Wildman–Crippen MR) is 126 cm³/mol. The molecule has 0 bridgehead atoms. The van der Waals surface area contributed by atoms with Crippen molar-refractivity contribution >= 4 is 35.6 Å². The molecule has 3 aromatic rings. The van der Waals surface area contributed by atoms with Gasteiger partial charge in [0.2, 0.25) is 5.95 Å². The highest BCUT2D eigenvalue weighted by atomic mass is 35.5. The number of alkyl halides is 3. The van der Waals surface area contributed by atoms with E-state index in [1.54, 1.807) is 40.8 Å². The lowest BCUT2D eigenvalue weighted by atomic mass is 10.1. The van der Waals surface area contributed by atoms with Crippen LogP contribution < -0.4 is 5.32 Å². The zero-order chi connectivity index (χ0) is 23.6. The molecule has 0 atom stereocenters. The first-order chi connectivity index (χ1) is 15.8. The van der Waals surface area contributed by atoms with E-state index < -0.39 is 11.7 Å². The highest BCUT2D eigenvalue weighted by molar-refractivity contribution is 7.96. The van der Waals surface area contributed by atoms with Crippen LogP contribution >= 0.6 is 23.5 Å². The summed E-state index contributed by atoms with van der Waals surface area (Å²) >= 11 is 8.10. The maximum Gasteiger partial charge on any atom is 0.420 e. The summed E-state index contributed by atoms with van der Waals surface area (Å²) in [6.07, 6.45) is 4.42. The molecule has 1 aromatic carbocycles. The zero-order valence-electron chi connectivity index (χ0n) is 17.8. The van der Waals surface area contributed by atoms with Gasteiger partial charge in [-0.3, -0.25) is 4.31 Å². The second-order valence-electron chi connectivity index (χ2n) is 7.53. The highest BCUT2D eigenvalue weighted by Gasteiger charge is 2.36. The van der Waals surface area contributed by atoms with Crippen LogP contribution in [0, 0.1) is 0 Å². The maximum absolute atomic E-state index is 13.7. The van der Waals surface area contributed by atoms with E-state index in [9.17, 15) is 13.2 Å². The smallest absolute Gasteiger partial charge is 0.351 e. The number of hydrogen-bond acceptors (Lipinski definition) is 6. The largest absolute Gasteiger partial charge is 0.420 e. The van der Waals surface area contributed by atoms with Gasteiger partial charge in [0, 0.05) is 31.5 Å². The van der Waals surface area contributed by atoms with Crippen LogP contribution in [0.3, 0.4) is 0 Å². The first kappa shape index (κ1) is 23.6. The molecule has 0 spiro atoms. The topological polar surface area (TPSA) is 58.9 Å². The first-order valence-electron chi connectivity index (χ1n) is 10.3. The predicted octanol–water partition coefficient (Wildman–Crippen LogP) is 5.80. The second-order valence-corrected chi connectivity index (χ2v) is 8.79. The van der Waals surface area contributed by atoms with E-state index in [4.69, 9.17) is 11.6 Å². The van der Waals surface area contributed by atoms with Gasteiger partial charge in [0.05, 0.1) is 10.7 Å². The molecule has 2 aromatic heterocycles. The molecule has 0 amide bonds. The molecule has 1 aliphatic heterocycles. The minimum absolute atomic E-state index is 0.0741. The van der Waals surface area contributed by atoms with E-state index in [2.05, 4.69) is 31.2 Å². The molecule has 1 saturated heterocycles. The Morgan fingerprint density at radius 2 is 2.00 bits per heavy atom. The molecule has 33 heavy (non-hydrogen) atoms. The van der Waals surface area contributed by atoms with Crippen LogP contribution in [0.4, 0.5) is 19.1 Å². The summed E-state index contributed by atoms with van der Waals surface area (Å²) in [5.41, 5.74) is 0.138. The molecule has 1 aliphatic rings. The second kappa shape index (κ2) is 9.74. The summed E-state index contributed by atoms with van der Waals surface area (Å²) in [6, 6.07) is 5.42. The third-order valence-electron chi connectivity index (χ3n) is 5.47. The third kappa shape index (κ3) is 5.18. The fourth-order valence-corrected chi connectivity index (χ4v) is 4.57. The Bertz CT molecular complexity index is 1140. The number of piperidine rings is 1. The zero-order valence-corrected chi connectivity index (χ0v) is 19.4. The minimum atomic E-state index is -4.62. The van der Waals surface area contributed by atoms with Crippen LogP contribution in [0.15, 0.2) is 43.5 Å². The Labute approximate surface area is 199 Å². The van der Waals surface area contributed by atoms with Crippen LogP contribution in [0.5, 0.6) is 0 Å². The summed E-state index contributed by atoms with van der Waals surface area (Å²) in [5.74, 6) is 0.154. The standard InChI is InChI=1S/C22H22ClF3N6S/c1-3-14-5-4-6-18(19(14)23)31-12-17(28-13-31)20-16(22(24,25)26)11-27-21(30-20)29-15-7-9-32(33-2)10-8-15/h3-6,11-13,15H,1,7-10H2,2H3,(H,27,29,30). The van der Waals surface area contributed by atoms with E-state index in [1.807, 2.05) is 6.26 Å². The van der Waals surface area contributed by atoms with Crippen molar-refractivity contribution in [1.82, 2.24) is 23.8 Å². The number of benzene rings is 1. The van der Waals surface area contributed by atoms with Crippen molar-refractivity contribution in [3.63, 3.8) is 0 Å². The molecule has 3 heterocycles. The normalized spacial score (nSPS) is 15.5. The summed E-state index contributed by atoms with van der Waals surface area (Å²) in [7, 11) is 0. The van der Waals surface area contributed by atoms with Crippen molar-refractivity contribution < 1.29 is 13.2 Å². The quantitative estimate of drug-likeness (QED) is 0.437. The average molecular weight is 495 g/mol. The molecule has 0 unspecified atom stereocenters. The molecular formula is C22H22ClF3N6S. The molecule has 6 nitrogen and oxygen atoms in total. The molecule has 0 saturated carbocycles. The van der Waals surface area contributed by atoms with Crippen molar-refractivity contribution in [2.75, 3.05) is 24.7 Å². The molecule has 11 heteroatoms. The van der Waals surface area contributed by atoms with Gasteiger partial charge < -0.3 is 9.88 Å². The van der Waals surface area contributed by atoms with Crippen LogP contribution in [-0.2, 0) is 6.18 Å². The van der Waals surface area contributed by atoms with Crippen LogP contribution in [0.2, 0.25) is 5.02 Å². The fraction of sp³-hybridized carbons (Fsp3) is 0.318. The van der Waals surface area contributed by atoms with Gasteiger partial charge in [0.25, 0.3) is 0 Å².